The fraction of sp³-hybridized carbons (Fsp3) is 0.611. The Morgan fingerprint density at radius 2 is 1.36 bits per heavy atom. The summed E-state index contributed by atoms with van der Waals surface area (Å²) in [6, 6.07) is 7.41. The van der Waals surface area contributed by atoms with Gasteiger partial charge in [0.25, 0.3) is 5.91 Å². The van der Waals surface area contributed by atoms with Crippen LogP contribution in [0.1, 0.15) is 28.0 Å². The van der Waals surface area contributed by atoms with Crippen molar-refractivity contribution in [2.24, 2.45) is 0 Å². The molecule has 15 nitrogen and oxygen atoms in total. The molecule has 3 heterocycles. The molecule has 2 aromatic heterocycles. The van der Waals surface area contributed by atoms with Crippen LogP contribution in [-0.2, 0) is 33.2 Å². The van der Waals surface area contributed by atoms with Crippen molar-refractivity contribution in [3.8, 4) is 0 Å². The van der Waals surface area contributed by atoms with E-state index in [-0.39, 0.29) is 5.91 Å². The first-order valence-electron chi connectivity index (χ1n) is 18.1. The van der Waals surface area contributed by atoms with Gasteiger partial charge in [0.1, 0.15) is 22.3 Å². The first-order chi connectivity index (χ1) is 25.9. The van der Waals surface area contributed by atoms with Crippen molar-refractivity contribution < 1.29 is 38.0 Å². The normalized spacial score (nSPS) is 13.5. The van der Waals surface area contributed by atoms with Crippen LogP contribution >= 0.6 is 22.9 Å². The second-order valence-corrected chi connectivity index (χ2v) is 13.3. The van der Waals surface area contributed by atoms with Crippen molar-refractivity contribution in [2.75, 3.05) is 141 Å². The van der Waals surface area contributed by atoms with Crippen molar-refractivity contribution in [1.29, 1.82) is 0 Å². The van der Waals surface area contributed by atoms with Crippen molar-refractivity contribution in [3.05, 3.63) is 51.7 Å². The number of hydrogen-bond acceptors (Lipinski definition) is 15. The van der Waals surface area contributed by atoms with Gasteiger partial charge < -0.3 is 48.7 Å². The average Bonchev–Trinajstić information content (AvgIpc) is 3.62. The number of rotatable bonds is 27. The Morgan fingerprint density at radius 3 is 1.92 bits per heavy atom. The molecule has 1 fully saturated rings. The molecule has 1 aliphatic heterocycles. The van der Waals surface area contributed by atoms with Gasteiger partial charge in [-0.25, -0.2) is 15.0 Å². The summed E-state index contributed by atoms with van der Waals surface area (Å²) in [5.74, 6) is 1.85. The van der Waals surface area contributed by atoms with Crippen molar-refractivity contribution >= 4 is 51.3 Å². The number of aryl methyl sites for hydroxylation is 2. The van der Waals surface area contributed by atoms with E-state index in [0.717, 1.165) is 44.1 Å². The van der Waals surface area contributed by atoms with Gasteiger partial charge in [0.05, 0.1) is 103 Å². The van der Waals surface area contributed by atoms with Crippen LogP contribution in [0.2, 0.25) is 5.02 Å². The number of thiazole rings is 1. The second kappa shape index (κ2) is 25.1. The van der Waals surface area contributed by atoms with Crippen molar-refractivity contribution in [2.45, 2.75) is 20.8 Å². The van der Waals surface area contributed by atoms with E-state index in [2.05, 4.69) is 35.4 Å². The van der Waals surface area contributed by atoms with Gasteiger partial charge in [0.2, 0.25) is 0 Å². The molecule has 1 saturated heterocycles. The number of hydrogen-bond donors (Lipinski definition) is 2. The Balaban J connectivity index is 1.00. The summed E-state index contributed by atoms with van der Waals surface area (Å²) in [5, 5.41) is 7.18. The molecule has 2 N–H and O–H groups in total. The van der Waals surface area contributed by atoms with Crippen molar-refractivity contribution in [1.82, 2.24) is 19.9 Å². The molecule has 0 radical (unpaired) electrons. The first-order valence-corrected chi connectivity index (χ1v) is 19.3. The van der Waals surface area contributed by atoms with E-state index < -0.39 is 0 Å². The van der Waals surface area contributed by atoms with E-state index in [1.165, 1.54) is 11.3 Å². The number of ether oxygens (including phenoxy) is 7. The van der Waals surface area contributed by atoms with Crippen LogP contribution in [0.3, 0.4) is 0 Å². The topological polar surface area (TPSA) is 151 Å². The SMILES string of the molecule is CCOCCOCCOCCOCCOCCOCCOCCN1CCN(c2cc(Nc3ncc(C(=O)Nc4c(C)cccc4Cl)s3)nc(C)n2)CC1. The third-order valence-electron chi connectivity index (χ3n) is 7.93. The Kier molecular flexibility index (Phi) is 20.2. The lowest BCUT2D eigenvalue weighted by atomic mass is 10.2. The Morgan fingerprint density at radius 1 is 0.792 bits per heavy atom. The molecule has 1 aliphatic rings. The summed E-state index contributed by atoms with van der Waals surface area (Å²) < 4.78 is 38.5. The van der Waals surface area contributed by atoms with Gasteiger partial charge in [0, 0.05) is 45.4 Å². The summed E-state index contributed by atoms with van der Waals surface area (Å²) in [5.41, 5.74) is 1.48. The fourth-order valence-corrected chi connectivity index (χ4v) is 6.14. The minimum Gasteiger partial charge on any atom is -0.379 e. The Hall–Kier alpha value is -3.03. The number of para-hydroxylation sites is 1. The highest BCUT2D eigenvalue weighted by Crippen LogP contribution is 2.28. The zero-order valence-corrected chi connectivity index (χ0v) is 32.7. The van der Waals surface area contributed by atoms with Crippen LogP contribution < -0.4 is 15.5 Å². The number of nitrogens with one attached hydrogen (secondary N) is 2. The smallest absolute Gasteiger partial charge is 0.267 e. The summed E-state index contributed by atoms with van der Waals surface area (Å²) in [6.45, 7) is 17.9. The number of benzene rings is 1. The number of nitrogens with zero attached hydrogens (tertiary/aromatic N) is 5. The number of carbonyl (C=O) groups excluding carboxylic acids is 1. The third-order valence-corrected chi connectivity index (χ3v) is 9.16. The van der Waals surface area contributed by atoms with E-state index in [1.807, 2.05) is 39.0 Å². The first kappa shape index (κ1) is 42.7. The molecule has 1 aromatic carbocycles. The monoisotopic (exact) mass is 779 g/mol. The van der Waals surface area contributed by atoms with E-state index >= 15 is 0 Å². The molecule has 0 saturated carbocycles. The zero-order chi connectivity index (χ0) is 37.5. The molecule has 53 heavy (non-hydrogen) atoms. The highest BCUT2D eigenvalue weighted by atomic mass is 35.5. The number of aromatic nitrogens is 3. The summed E-state index contributed by atoms with van der Waals surface area (Å²) >= 11 is 7.52. The maximum atomic E-state index is 12.9. The van der Waals surface area contributed by atoms with E-state index in [0.29, 0.717) is 125 Å². The van der Waals surface area contributed by atoms with Gasteiger partial charge >= 0.3 is 0 Å². The van der Waals surface area contributed by atoms with Gasteiger partial charge in [-0.3, -0.25) is 9.69 Å². The van der Waals surface area contributed by atoms with Crippen molar-refractivity contribution in [3.63, 3.8) is 0 Å². The molecule has 0 unspecified atom stereocenters. The molecule has 17 heteroatoms. The van der Waals surface area contributed by atoms with Crippen LogP contribution in [0.15, 0.2) is 30.5 Å². The maximum absolute atomic E-state index is 12.9. The Bertz CT molecular complexity index is 1460. The lowest BCUT2D eigenvalue weighted by molar-refractivity contribution is -0.0207. The fourth-order valence-electron chi connectivity index (χ4n) is 5.15. The highest BCUT2D eigenvalue weighted by Gasteiger charge is 2.20. The quantitative estimate of drug-likeness (QED) is 0.105. The summed E-state index contributed by atoms with van der Waals surface area (Å²) in [6.07, 6.45) is 1.54. The highest BCUT2D eigenvalue weighted by molar-refractivity contribution is 7.17. The van der Waals surface area contributed by atoms with E-state index in [4.69, 9.17) is 44.8 Å². The number of anilines is 4. The standard InChI is InChI=1S/C36H54ClN7O8S/c1-4-46-14-15-48-18-19-50-22-23-52-25-24-51-21-20-49-17-16-47-13-12-43-8-10-44(11-9-43)33-26-32(39-29(3)40-33)41-36-38-27-31(53-36)35(45)42-34-28(2)6-5-7-30(34)37/h5-7,26-27H,4,8-25H2,1-3H3,(H,42,45)(H,38,39,40,41). The molecule has 294 valence electrons. The maximum Gasteiger partial charge on any atom is 0.267 e. The van der Waals surface area contributed by atoms with E-state index in [1.54, 1.807) is 12.3 Å². The molecular weight excluding hydrogens is 726 g/mol. The van der Waals surface area contributed by atoms with Crippen LogP contribution in [0.4, 0.5) is 22.5 Å². The predicted octanol–water partition coefficient (Wildman–Crippen LogP) is 4.46. The third kappa shape index (κ3) is 16.5. The number of halogens is 1. The molecule has 0 aliphatic carbocycles. The lowest BCUT2D eigenvalue weighted by Crippen LogP contribution is -2.47. The zero-order valence-electron chi connectivity index (χ0n) is 31.1. The molecule has 0 spiro atoms. The van der Waals surface area contributed by atoms with Gasteiger partial charge in [-0.2, -0.15) is 0 Å². The molecule has 1 amide bonds. The lowest BCUT2D eigenvalue weighted by Gasteiger charge is -2.35. The summed E-state index contributed by atoms with van der Waals surface area (Å²) in [4.78, 5) is 31.6. The van der Waals surface area contributed by atoms with Crippen LogP contribution in [0, 0.1) is 13.8 Å². The van der Waals surface area contributed by atoms with Gasteiger partial charge in [-0.05, 0) is 32.4 Å². The average molecular weight is 780 g/mol. The van der Waals surface area contributed by atoms with Gasteiger partial charge in [0.15, 0.2) is 5.13 Å². The molecule has 0 bridgehead atoms. The molecular formula is C36H54ClN7O8S. The molecule has 3 aromatic rings. The Labute approximate surface area is 321 Å². The van der Waals surface area contributed by atoms with Crippen LogP contribution in [0.5, 0.6) is 0 Å². The molecule has 4 rings (SSSR count). The molecule has 0 atom stereocenters. The number of carbonyl (C=O) groups is 1. The predicted molar refractivity (Wildman–Crippen MR) is 206 cm³/mol. The van der Waals surface area contributed by atoms with E-state index in [9.17, 15) is 4.79 Å². The largest absolute Gasteiger partial charge is 0.379 e. The minimum atomic E-state index is -0.271. The minimum absolute atomic E-state index is 0.271. The van der Waals surface area contributed by atoms with Gasteiger partial charge in [-0.15, -0.1) is 0 Å². The number of piperazine rings is 1. The van der Waals surface area contributed by atoms with Crippen LogP contribution in [-0.4, -0.2) is 151 Å². The van der Waals surface area contributed by atoms with Gasteiger partial charge in [-0.1, -0.05) is 35.1 Å². The van der Waals surface area contributed by atoms with Crippen LogP contribution in [0.25, 0.3) is 0 Å². The summed E-state index contributed by atoms with van der Waals surface area (Å²) in [7, 11) is 0. The number of amides is 1. The second-order valence-electron chi connectivity index (χ2n) is 11.9.